The predicted molar refractivity (Wildman–Crippen MR) is 107 cm³/mol. The molecule has 0 saturated heterocycles. The van der Waals surface area contributed by atoms with E-state index in [1.165, 1.54) is 0 Å². The van der Waals surface area contributed by atoms with Crippen LogP contribution in [0.15, 0.2) is 67.0 Å². The van der Waals surface area contributed by atoms with Crippen LogP contribution in [0, 0.1) is 5.92 Å². The Morgan fingerprint density at radius 2 is 1.82 bits per heavy atom. The van der Waals surface area contributed by atoms with Crippen molar-refractivity contribution in [3.63, 3.8) is 0 Å². The lowest BCUT2D eigenvalue weighted by Gasteiger charge is -2.18. The zero-order valence-electron chi connectivity index (χ0n) is 15.3. The molecule has 1 aliphatic rings. The number of para-hydroxylation sites is 1. The summed E-state index contributed by atoms with van der Waals surface area (Å²) in [6.45, 7) is 0. The molecule has 2 aromatic heterocycles. The van der Waals surface area contributed by atoms with Crippen molar-refractivity contribution in [2.75, 3.05) is 0 Å². The SMILES string of the molecule is O=C(NNC(=O)C1CC=CCC1)c1cc(-c2ccncc2)nc2ccccc12. The van der Waals surface area contributed by atoms with Crippen LogP contribution in [0.25, 0.3) is 22.2 Å². The van der Waals surface area contributed by atoms with Gasteiger partial charge in [-0.2, -0.15) is 0 Å². The van der Waals surface area contributed by atoms with Gasteiger partial charge < -0.3 is 0 Å². The zero-order valence-corrected chi connectivity index (χ0v) is 15.3. The van der Waals surface area contributed by atoms with E-state index in [1.807, 2.05) is 42.5 Å². The van der Waals surface area contributed by atoms with Crippen molar-refractivity contribution in [1.29, 1.82) is 0 Å². The van der Waals surface area contributed by atoms with Crippen molar-refractivity contribution >= 4 is 22.7 Å². The Kier molecular flexibility index (Phi) is 5.10. The van der Waals surface area contributed by atoms with Gasteiger partial charge in [0.05, 0.1) is 16.8 Å². The highest BCUT2D eigenvalue weighted by Gasteiger charge is 2.20. The molecule has 1 atom stereocenters. The Balaban J connectivity index is 1.60. The summed E-state index contributed by atoms with van der Waals surface area (Å²) >= 11 is 0. The second-order valence-corrected chi connectivity index (χ2v) is 6.73. The second-order valence-electron chi connectivity index (χ2n) is 6.73. The van der Waals surface area contributed by atoms with Gasteiger partial charge in [0.2, 0.25) is 5.91 Å². The fourth-order valence-corrected chi connectivity index (χ4v) is 3.35. The van der Waals surface area contributed by atoms with Gasteiger partial charge in [-0.1, -0.05) is 30.4 Å². The van der Waals surface area contributed by atoms with Gasteiger partial charge in [0.1, 0.15) is 0 Å². The van der Waals surface area contributed by atoms with E-state index in [4.69, 9.17) is 0 Å². The number of hydrazine groups is 1. The monoisotopic (exact) mass is 372 g/mol. The summed E-state index contributed by atoms with van der Waals surface area (Å²) < 4.78 is 0. The number of pyridine rings is 2. The number of nitrogens with one attached hydrogen (secondary N) is 2. The summed E-state index contributed by atoms with van der Waals surface area (Å²) in [6, 6.07) is 12.9. The third-order valence-electron chi connectivity index (χ3n) is 4.88. The van der Waals surface area contributed by atoms with E-state index < -0.39 is 0 Å². The maximum atomic E-state index is 12.8. The molecule has 0 fully saturated rings. The van der Waals surface area contributed by atoms with E-state index in [0.29, 0.717) is 23.2 Å². The average molecular weight is 372 g/mol. The number of hydrogen-bond acceptors (Lipinski definition) is 4. The summed E-state index contributed by atoms with van der Waals surface area (Å²) in [5, 5.41) is 0.729. The van der Waals surface area contributed by atoms with Gasteiger partial charge in [-0.05, 0) is 43.5 Å². The lowest BCUT2D eigenvalue weighted by atomic mass is 9.94. The van der Waals surface area contributed by atoms with E-state index in [2.05, 4.69) is 26.9 Å². The van der Waals surface area contributed by atoms with Crippen LogP contribution in [0.4, 0.5) is 0 Å². The highest BCUT2D eigenvalue weighted by atomic mass is 16.2. The summed E-state index contributed by atoms with van der Waals surface area (Å²) in [5.41, 5.74) is 7.85. The number of fused-ring (bicyclic) bond motifs is 1. The molecule has 140 valence electrons. The molecule has 6 heteroatoms. The van der Waals surface area contributed by atoms with Crippen molar-refractivity contribution in [3.05, 3.63) is 72.6 Å². The maximum absolute atomic E-state index is 12.8. The minimum absolute atomic E-state index is 0.105. The first kappa shape index (κ1) is 17.9. The molecule has 6 nitrogen and oxygen atoms in total. The van der Waals surface area contributed by atoms with Crippen LogP contribution in [-0.4, -0.2) is 21.8 Å². The molecular formula is C22H20N4O2. The largest absolute Gasteiger partial charge is 0.273 e. The van der Waals surface area contributed by atoms with Crippen LogP contribution in [0.1, 0.15) is 29.6 Å². The normalized spacial score (nSPS) is 15.9. The first-order chi connectivity index (χ1) is 13.7. The molecule has 2 amide bonds. The smallest absolute Gasteiger partial charge is 0.270 e. The molecule has 2 N–H and O–H groups in total. The minimum Gasteiger partial charge on any atom is -0.273 e. The zero-order chi connectivity index (χ0) is 19.3. The first-order valence-electron chi connectivity index (χ1n) is 9.28. The first-order valence-corrected chi connectivity index (χ1v) is 9.28. The van der Waals surface area contributed by atoms with E-state index >= 15 is 0 Å². The second kappa shape index (κ2) is 8.00. The number of carbonyl (C=O) groups excluding carboxylic acids is 2. The summed E-state index contributed by atoms with van der Waals surface area (Å²) in [5.74, 6) is -0.633. The molecule has 4 rings (SSSR count). The molecule has 28 heavy (non-hydrogen) atoms. The van der Waals surface area contributed by atoms with Gasteiger partial charge in [0.15, 0.2) is 0 Å². The molecule has 2 heterocycles. The number of allylic oxidation sites excluding steroid dienone is 2. The molecule has 0 aliphatic heterocycles. The number of amides is 2. The molecule has 1 aliphatic carbocycles. The number of carbonyl (C=O) groups is 2. The molecule has 1 aromatic carbocycles. The number of aromatic nitrogens is 2. The Morgan fingerprint density at radius 1 is 1.00 bits per heavy atom. The van der Waals surface area contributed by atoms with Crippen LogP contribution < -0.4 is 10.9 Å². The van der Waals surface area contributed by atoms with Crippen LogP contribution in [0.3, 0.4) is 0 Å². The number of rotatable bonds is 3. The van der Waals surface area contributed by atoms with Gasteiger partial charge in [-0.25, -0.2) is 4.98 Å². The Labute approximate surface area is 162 Å². The number of benzene rings is 1. The Morgan fingerprint density at radius 3 is 2.61 bits per heavy atom. The summed E-state index contributed by atoms with van der Waals surface area (Å²) in [7, 11) is 0. The van der Waals surface area contributed by atoms with Crippen LogP contribution >= 0.6 is 0 Å². The Bertz CT molecular complexity index is 1050. The number of hydrogen-bond donors (Lipinski definition) is 2. The van der Waals surface area contributed by atoms with E-state index in [9.17, 15) is 9.59 Å². The molecule has 0 radical (unpaired) electrons. The van der Waals surface area contributed by atoms with Crippen molar-refractivity contribution < 1.29 is 9.59 Å². The quantitative estimate of drug-likeness (QED) is 0.545. The van der Waals surface area contributed by atoms with Crippen LogP contribution in [0.2, 0.25) is 0 Å². The van der Waals surface area contributed by atoms with Crippen molar-refractivity contribution in [1.82, 2.24) is 20.8 Å². The van der Waals surface area contributed by atoms with Gasteiger partial charge in [0, 0.05) is 29.3 Å². The maximum Gasteiger partial charge on any atom is 0.270 e. The number of nitrogens with zero attached hydrogens (tertiary/aromatic N) is 2. The molecule has 0 spiro atoms. The van der Waals surface area contributed by atoms with Gasteiger partial charge in [0.25, 0.3) is 5.91 Å². The van der Waals surface area contributed by atoms with Crippen molar-refractivity contribution in [2.24, 2.45) is 5.92 Å². The molecular weight excluding hydrogens is 352 g/mol. The highest BCUT2D eigenvalue weighted by Crippen LogP contribution is 2.24. The highest BCUT2D eigenvalue weighted by molar-refractivity contribution is 6.07. The molecule has 3 aromatic rings. The molecule has 1 unspecified atom stereocenters. The van der Waals surface area contributed by atoms with Crippen LogP contribution in [-0.2, 0) is 4.79 Å². The van der Waals surface area contributed by atoms with E-state index in [-0.39, 0.29) is 17.7 Å². The standard InChI is InChI=1S/C22H20N4O2/c27-21(16-6-2-1-3-7-16)25-26-22(28)18-14-20(15-10-12-23-13-11-15)24-19-9-5-4-8-17(18)19/h1-2,4-5,8-14,16H,3,6-7H2,(H,25,27)(H,26,28). The topological polar surface area (TPSA) is 84.0 Å². The van der Waals surface area contributed by atoms with Crippen molar-refractivity contribution in [3.8, 4) is 11.3 Å². The van der Waals surface area contributed by atoms with E-state index in [0.717, 1.165) is 23.8 Å². The average Bonchev–Trinajstić information content (AvgIpc) is 2.77. The lowest BCUT2D eigenvalue weighted by molar-refractivity contribution is -0.126. The van der Waals surface area contributed by atoms with Crippen LogP contribution in [0.5, 0.6) is 0 Å². The molecule has 0 saturated carbocycles. The lowest BCUT2D eigenvalue weighted by Crippen LogP contribution is -2.44. The predicted octanol–water partition coefficient (Wildman–Crippen LogP) is 3.41. The summed E-state index contributed by atoms with van der Waals surface area (Å²) in [4.78, 5) is 33.8. The fourth-order valence-electron chi connectivity index (χ4n) is 3.35. The van der Waals surface area contributed by atoms with E-state index in [1.54, 1.807) is 18.5 Å². The third-order valence-corrected chi connectivity index (χ3v) is 4.88. The van der Waals surface area contributed by atoms with Gasteiger partial charge in [-0.15, -0.1) is 0 Å². The summed E-state index contributed by atoms with van der Waals surface area (Å²) in [6.07, 6.45) is 9.83. The fraction of sp³-hybridized carbons (Fsp3) is 0.182. The molecule has 0 bridgehead atoms. The Hall–Kier alpha value is -3.54. The third kappa shape index (κ3) is 3.76. The van der Waals surface area contributed by atoms with Gasteiger partial charge in [-0.3, -0.25) is 25.4 Å². The van der Waals surface area contributed by atoms with Crippen molar-refractivity contribution in [2.45, 2.75) is 19.3 Å². The minimum atomic E-state index is -0.367. The van der Waals surface area contributed by atoms with Gasteiger partial charge >= 0.3 is 0 Å².